The summed E-state index contributed by atoms with van der Waals surface area (Å²) in [5.74, 6) is 0.785. The Morgan fingerprint density at radius 1 is 1.18 bits per heavy atom. The molecule has 2 aromatic carbocycles. The van der Waals surface area contributed by atoms with Crippen molar-refractivity contribution in [3.05, 3.63) is 60.0 Å². The lowest BCUT2D eigenvalue weighted by atomic mass is 9.99. The van der Waals surface area contributed by atoms with Gasteiger partial charge in [-0.1, -0.05) is 44.2 Å². The number of nitrogens with one attached hydrogen (secondary N) is 2. The largest absolute Gasteiger partial charge is 0.445 e. The molecule has 4 N–H and O–H groups in total. The number of amides is 1. The van der Waals surface area contributed by atoms with E-state index in [1.54, 1.807) is 13.0 Å². The van der Waals surface area contributed by atoms with Crippen molar-refractivity contribution in [2.75, 3.05) is 32.9 Å². The van der Waals surface area contributed by atoms with Gasteiger partial charge in [0.1, 0.15) is 11.6 Å². The van der Waals surface area contributed by atoms with E-state index in [0.717, 1.165) is 12.0 Å². The molecule has 1 aliphatic heterocycles. The summed E-state index contributed by atoms with van der Waals surface area (Å²) in [6.07, 6.45) is -0.696. The van der Waals surface area contributed by atoms with E-state index < -0.39 is 34.4 Å². The molecule has 12 nitrogen and oxygen atoms in total. The minimum absolute atomic E-state index is 0.00178. The van der Waals surface area contributed by atoms with E-state index in [0.29, 0.717) is 43.2 Å². The molecule has 1 aliphatic carbocycles. The van der Waals surface area contributed by atoms with Crippen molar-refractivity contribution < 1.29 is 37.3 Å². The molecule has 5 rings (SSSR count). The Labute approximate surface area is 264 Å². The number of aliphatic hydroxyl groups is 2. The van der Waals surface area contributed by atoms with Crippen molar-refractivity contribution >= 4 is 27.2 Å². The maximum Gasteiger partial charge on any atom is 0.407 e. The Balaban J connectivity index is 1.32. The summed E-state index contributed by atoms with van der Waals surface area (Å²) in [5.41, 5.74) is 1.79. The molecule has 2 aliphatic rings. The first kappa shape index (κ1) is 33.3. The number of carbonyl (C=O) groups is 1. The molecule has 1 amide bonds. The molecule has 0 bridgehead atoms. The van der Waals surface area contributed by atoms with Crippen molar-refractivity contribution in [3.63, 3.8) is 0 Å². The van der Waals surface area contributed by atoms with Gasteiger partial charge in [-0.25, -0.2) is 23.2 Å². The maximum atomic E-state index is 13.5. The van der Waals surface area contributed by atoms with Gasteiger partial charge in [-0.2, -0.15) is 0 Å². The van der Waals surface area contributed by atoms with Crippen molar-refractivity contribution in [1.29, 1.82) is 0 Å². The molecular formula is C32H44N4O8S. The van der Waals surface area contributed by atoms with Crippen LogP contribution in [0.4, 0.5) is 4.79 Å². The second-order valence-electron chi connectivity index (χ2n) is 12.6. The first-order valence-electron chi connectivity index (χ1n) is 15.5. The number of oxazole rings is 1. The van der Waals surface area contributed by atoms with Crippen LogP contribution in [0.15, 0.2) is 57.8 Å². The quantitative estimate of drug-likeness (QED) is 0.192. The Morgan fingerprint density at radius 2 is 1.96 bits per heavy atom. The molecule has 246 valence electrons. The molecule has 2 heterocycles. The summed E-state index contributed by atoms with van der Waals surface area (Å²) in [6, 6.07) is 13.1. The van der Waals surface area contributed by atoms with Gasteiger partial charge in [-0.3, -0.25) is 0 Å². The third kappa shape index (κ3) is 8.40. The fourth-order valence-corrected chi connectivity index (χ4v) is 7.39. The van der Waals surface area contributed by atoms with Gasteiger partial charge in [-0.05, 0) is 48.8 Å². The number of aromatic nitrogens is 1. The SMILES string of the molecule is Cc1nc2ccc(S(=O)(=O)NN(CCC(C)C)C[C@@H](O)[C@H](Cc3ccccc3)NC(=O)OC3C(CO)CC4COCC43)cc2o1. The summed E-state index contributed by atoms with van der Waals surface area (Å²) in [4.78, 5) is 20.1. The molecule has 0 spiro atoms. The number of sulfonamides is 1. The first-order valence-corrected chi connectivity index (χ1v) is 17.0. The predicted molar refractivity (Wildman–Crippen MR) is 166 cm³/mol. The zero-order chi connectivity index (χ0) is 32.1. The average Bonchev–Trinajstić information content (AvgIpc) is 3.70. The van der Waals surface area contributed by atoms with E-state index in [9.17, 15) is 23.4 Å². The summed E-state index contributed by atoms with van der Waals surface area (Å²) in [6.45, 7) is 6.95. The van der Waals surface area contributed by atoms with Crippen molar-refractivity contribution in [2.45, 2.75) is 63.2 Å². The number of aryl methyl sites for hydroxylation is 1. The molecule has 6 atom stereocenters. The topological polar surface area (TPSA) is 163 Å². The number of benzene rings is 2. The Kier molecular flexibility index (Phi) is 10.8. The number of hydrazine groups is 1. The number of alkyl carbamates (subject to hydrolysis) is 1. The van der Waals surface area contributed by atoms with Gasteiger partial charge >= 0.3 is 6.09 Å². The highest BCUT2D eigenvalue weighted by Crippen LogP contribution is 2.42. The van der Waals surface area contributed by atoms with Gasteiger partial charge in [-0.15, -0.1) is 4.83 Å². The molecule has 1 saturated carbocycles. The number of ether oxygens (including phenoxy) is 2. The molecule has 4 unspecified atom stereocenters. The lowest BCUT2D eigenvalue weighted by molar-refractivity contribution is 0.0126. The molecule has 1 aromatic heterocycles. The van der Waals surface area contributed by atoms with Crippen molar-refractivity contribution in [3.8, 4) is 0 Å². The van der Waals surface area contributed by atoms with Gasteiger partial charge in [0.2, 0.25) is 0 Å². The van der Waals surface area contributed by atoms with Crippen LogP contribution in [0.2, 0.25) is 0 Å². The summed E-state index contributed by atoms with van der Waals surface area (Å²) in [5, 5.41) is 25.8. The molecule has 3 aromatic rings. The van der Waals surface area contributed by atoms with Crippen molar-refractivity contribution in [1.82, 2.24) is 20.1 Å². The van der Waals surface area contributed by atoms with Crippen LogP contribution in [0.5, 0.6) is 0 Å². The lowest BCUT2D eigenvalue weighted by Gasteiger charge is -2.31. The van der Waals surface area contributed by atoms with Crippen LogP contribution in [0, 0.1) is 30.6 Å². The maximum absolute atomic E-state index is 13.5. The zero-order valence-electron chi connectivity index (χ0n) is 26.0. The number of aliphatic hydroxyl groups excluding tert-OH is 2. The number of hydrogen-bond donors (Lipinski definition) is 4. The number of carbonyl (C=O) groups excluding carboxylic acids is 1. The number of nitrogens with zero attached hydrogens (tertiary/aromatic N) is 2. The molecule has 45 heavy (non-hydrogen) atoms. The summed E-state index contributed by atoms with van der Waals surface area (Å²) in [7, 11) is -4.05. The predicted octanol–water partition coefficient (Wildman–Crippen LogP) is 3.02. The van der Waals surface area contributed by atoms with Crippen LogP contribution in [-0.4, -0.2) is 85.9 Å². The van der Waals surface area contributed by atoms with Crippen LogP contribution in [-0.2, 0) is 25.9 Å². The highest BCUT2D eigenvalue weighted by molar-refractivity contribution is 7.89. The second kappa shape index (κ2) is 14.6. The first-order chi connectivity index (χ1) is 21.5. The molecule has 2 fully saturated rings. The minimum Gasteiger partial charge on any atom is -0.445 e. The van der Waals surface area contributed by atoms with Crippen LogP contribution < -0.4 is 10.1 Å². The molecule has 13 heteroatoms. The Bertz CT molecular complexity index is 1530. The third-order valence-electron chi connectivity index (χ3n) is 8.69. The third-order valence-corrected chi connectivity index (χ3v) is 10.1. The van der Waals surface area contributed by atoms with Crippen LogP contribution in [0.1, 0.15) is 38.1 Å². The van der Waals surface area contributed by atoms with Gasteiger partial charge in [0.15, 0.2) is 11.5 Å². The normalized spacial score (nSPS) is 23.0. The van der Waals surface area contributed by atoms with Gasteiger partial charge in [0, 0.05) is 51.1 Å². The number of hydrogen-bond acceptors (Lipinski definition) is 10. The fraction of sp³-hybridized carbons (Fsp3) is 0.562. The minimum atomic E-state index is -4.05. The lowest BCUT2D eigenvalue weighted by Crippen LogP contribution is -2.54. The van der Waals surface area contributed by atoms with Gasteiger partial charge in [0.25, 0.3) is 10.0 Å². The van der Waals surface area contributed by atoms with Crippen LogP contribution in [0.3, 0.4) is 0 Å². The standard InChI is InChI=1S/C32H44N4O8S/c1-20(2)11-12-36(35-45(40,41)25-9-10-27-30(15-25)43-21(3)33-27)16-29(38)28(13-22-7-5-4-6-8-22)34-32(39)44-31-23(17-37)14-24-18-42-19-26(24)31/h4-10,15,20,23-24,26,28-29,31,35,37-38H,11-14,16-19H2,1-3H3,(H,34,39)/t23?,24?,26?,28-,29+,31?/m0/s1. The van der Waals surface area contributed by atoms with Gasteiger partial charge < -0.3 is 29.4 Å². The van der Waals surface area contributed by atoms with E-state index in [4.69, 9.17) is 13.9 Å². The summed E-state index contributed by atoms with van der Waals surface area (Å²) >= 11 is 0. The van der Waals surface area contributed by atoms with Crippen LogP contribution >= 0.6 is 0 Å². The fourth-order valence-electron chi connectivity index (χ4n) is 6.27. The Hall–Kier alpha value is -3.07. The number of fused-ring (bicyclic) bond motifs is 2. The van der Waals surface area contributed by atoms with E-state index >= 15 is 0 Å². The summed E-state index contributed by atoms with van der Waals surface area (Å²) < 4.78 is 44.0. The smallest absolute Gasteiger partial charge is 0.407 e. The van der Waals surface area contributed by atoms with Gasteiger partial charge in [0.05, 0.1) is 23.6 Å². The second-order valence-corrected chi connectivity index (χ2v) is 14.3. The number of rotatable bonds is 14. The highest BCUT2D eigenvalue weighted by atomic mass is 32.2. The molecular weight excluding hydrogens is 600 g/mol. The highest BCUT2D eigenvalue weighted by Gasteiger charge is 2.48. The van der Waals surface area contributed by atoms with E-state index in [-0.39, 0.29) is 48.1 Å². The van der Waals surface area contributed by atoms with E-state index in [2.05, 4.69) is 15.1 Å². The zero-order valence-corrected chi connectivity index (χ0v) is 26.8. The molecule has 1 saturated heterocycles. The Morgan fingerprint density at radius 3 is 2.69 bits per heavy atom. The monoisotopic (exact) mass is 644 g/mol. The van der Waals surface area contributed by atoms with Crippen molar-refractivity contribution in [2.24, 2.45) is 23.7 Å². The molecule has 0 radical (unpaired) electrons. The average molecular weight is 645 g/mol. The van der Waals surface area contributed by atoms with Crippen LogP contribution in [0.25, 0.3) is 11.1 Å². The van der Waals surface area contributed by atoms with E-state index in [1.807, 2.05) is 44.2 Å². The van der Waals surface area contributed by atoms with E-state index in [1.165, 1.54) is 17.1 Å².